The second kappa shape index (κ2) is 7.39. The van der Waals surface area contributed by atoms with Gasteiger partial charge in [0.1, 0.15) is 5.75 Å². The van der Waals surface area contributed by atoms with Gasteiger partial charge in [-0.15, -0.1) is 0 Å². The highest BCUT2D eigenvalue weighted by molar-refractivity contribution is 5.35. The van der Waals surface area contributed by atoms with Gasteiger partial charge in [0, 0.05) is 6.54 Å². The Bertz CT molecular complexity index is 362. The van der Waals surface area contributed by atoms with Crippen molar-refractivity contribution in [3.05, 3.63) is 29.3 Å². The molecule has 0 aliphatic heterocycles. The summed E-state index contributed by atoms with van der Waals surface area (Å²) in [7, 11) is 1.66. The Balaban J connectivity index is 2.63. The van der Waals surface area contributed by atoms with E-state index in [1.54, 1.807) is 7.11 Å². The van der Waals surface area contributed by atoms with Crippen LogP contribution >= 0.6 is 0 Å². The number of hydrogen-bond donors (Lipinski definition) is 1. The van der Waals surface area contributed by atoms with E-state index in [0.29, 0.717) is 0 Å². The van der Waals surface area contributed by atoms with Gasteiger partial charge < -0.3 is 14.7 Å². The molecule has 3 heteroatoms. The predicted octanol–water partition coefficient (Wildman–Crippen LogP) is 2.77. The van der Waals surface area contributed by atoms with Crippen LogP contribution in [0.1, 0.15) is 37.5 Å². The standard InChI is InChI=1S/C15H25NO2/c1-5-16(6-2)10-9-15(17)14-8-7-13(18-4)11-12(14)3/h7-8,11,15,17H,5-6,9-10H2,1-4H3. The topological polar surface area (TPSA) is 32.7 Å². The van der Waals surface area contributed by atoms with E-state index in [2.05, 4.69) is 18.7 Å². The Morgan fingerprint density at radius 3 is 2.44 bits per heavy atom. The molecule has 0 aliphatic carbocycles. The van der Waals surface area contributed by atoms with Crippen LogP contribution in [0.15, 0.2) is 18.2 Å². The lowest BCUT2D eigenvalue weighted by Gasteiger charge is -2.21. The number of hydrogen-bond acceptors (Lipinski definition) is 3. The van der Waals surface area contributed by atoms with E-state index in [1.165, 1.54) is 0 Å². The molecule has 3 nitrogen and oxygen atoms in total. The van der Waals surface area contributed by atoms with Crippen LogP contribution in [-0.4, -0.2) is 36.8 Å². The molecule has 0 radical (unpaired) electrons. The summed E-state index contributed by atoms with van der Waals surface area (Å²) in [6, 6.07) is 5.83. The summed E-state index contributed by atoms with van der Waals surface area (Å²) >= 11 is 0. The van der Waals surface area contributed by atoms with Crippen LogP contribution in [0, 0.1) is 6.92 Å². The SMILES string of the molecule is CCN(CC)CCC(O)c1ccc(OC)cc1C. The lowest BCUT2D eigenvalue weighted by atomic mass is 10.0. The largest absolute Gasteiger partial charge is 0.497 e. The van der Waals surface area contributed by atoms with Crippen molar-refractivity contribution < 1.29 is 9.84 Å². The summed E-state index contributed by atoms with van der Waals surface area (Å²) in [6.45, 7) is 9.30. The molecule has 0 aliphatic rings. The minimum Gasteiger partial charge on any atom is -0.497 e. The number of aliphatic hydroxyl groups excluding tert-OH is 1. The summed E-state index contributed by atoms with van der Waals surface area (Å²) in [5.41, 5.74) is 2.09. The number of benzene rings is 1. The van der Waals surface area contributed by atoms with E-state index in [9.17, 15) is 5.11 Å². The number of aliphatic hydroxyl groups is 1. The Labute approximate surface area is 110 Å². The van der Waals surface area contributed by atoms with Gasteiger partial charge in [-0.1, -0.05) is 19.9 Å². The molecule has 1 unspecified atom stereocenters. The zero-order valence-corrected chi connectivity index (χ0v) is 11.9. The second-order valence-electron chi connectivity index (χ2n) is 4.55. The number of ether oxygens (including phenoxy) is 1. The molecule has 0 saturated heterocycles. The minimum absolute atomic E-state index is 0.392. The van der Waals surface area contributed by atoms with E-state index < -0.39 is 6.10 Å². The monoisotopic (exact) mass is 251 g/mol. The van der Waals surface area contributed by atoms with E-state index in [4.69, 9.17) is 4.74 Å². The highest BCUT2D eigenvalue weighted by Gasteiger charge is 2.12. The molecule has 18 heavy (non-hydrogen) atoms. The summed E-state index contributed by atoms with van der Waals surface area (Å²) in [5, 5.41) is 10.2. The Kier molecular flexibility index (Phi) is 6.16. The molecule has 1 rings (SSSR count). The predicted molar refractivity (Wildman–Crippen MR) is 75.1 cm³/mol. The molecule has 1 atom stereocenters. The van der Waals surface area contributed by atoms with Crippen LogP contribution in [0.5, 0.6) is 5.75 Å². The van der Waals surface area contributed by atoms with Crippen molar-refractivity contribution in [3.8, 4) is 5.75 Å². The van der Waals surface area contributed by atoms with E-state index in [1.807, 2.05) is 25.1 Å². The smallest absolute Gasteiger partial charge is 0.119 e. The van der Waals surface area contributed by atoms with E-state index in [0.717, 1.165) is 42.9 Å². The first-order valence-electron chi connectivity index (χ1n) is 6.67. The van der Waals surface area contributed by atoms with Crippen LogP contribution in [0.3, 0.4) is 0 Å². The number of rotatable bonds is 7. The van der Waals surface area contributed by atoms with Gasteiger partial charge in [-0.25, -0.2) is 0 Å². The minimum atomic E-state index is -0.392. The molecule has 0 spiro atoms. The first-order chi connectivity index (χ1) is 8.62. The fourth-order valence-corrected chi connectivity index (χ4v) is 2.15. The van der Waals surface area contributed by atoms with Gasteiger partial charge in [-0.3, -0.25) is 0 Å². The van der Waals surface area contributed by atoms with Crippen molar-refractivity contribution in [1.82, 2.24) is 4.90 Å². The molecule has 0 saturated carbocycles. The summed E-state index contributed by atoms with van der Waals surface area (Å²) in [5.74, 6) is 0.840. The van der Waals surface area contributed by atoms with Crippen molar-refractivity contribution in [3.63, 3.8) is 0 Å². The van der Waals surface area contributed by atoms with Gasteiger partial charge in [0.15, 0.2) is 0 Å². The molecule has 1 N–H and O–H groups in total. The number of nitrogens with zero attached hydrogens (tertiary/aromatic N) is 1. The quantitative estimate of drug-likeness (QED) is 0.809. The molecule has 1 aromatic rings. The molecule has 0 bridgehead atoms. The van der Waals surface area contributed by atoms with E-state index >= 15 is 0 Å². The van der Waals surface area contributed by atoms with Crippen LogP contribution in [-0.2, 0) is 0 Å². The normalized spacial score (nSPS) is 12.8. The second-order valence-corrected chi connectivity index (χ2v) is 4.55. The summed E-state index contributed by atoms with van der Waals surface area (Å²) < 4.78 is 5.17. The Morgan fingerprint density at radius 1 is 1.28 bits per heavy atom. The molecular weight excluding hydrogens is 226 g/mol. The van der Waals surface area contributed by atoms with Gasteiger partial charge in [0.25, 0.3) is 0 Å². The fraction of sp³-hybridized carbons (Fsp3) is 0.600. The Hall–Kier alpha value is -1.06. The van der Waals surface area contributed by atoms with Crippen molar-refractivity contribution in [2.75, 3.05) is 26.7 Å². The van der Waals surface area contributed by atoms with Gasteiger partial charge in [0.2, 0.25) is 0 Å². The van der Waals surface area contributed by atoms with Crippen molar-refractivity contribution >= 4 is 0 Å². The van der Waals surface area contributed by atoms with Crippen molar-refractivity contribution in [2.24, 2.45) is 0 Å². The average Bonchev–Trinajstić information content (AvgIpc) is 2.39. The maximum absolute atomic E-state index is 10.2. The first kappa shape index (κ1) is 15.0. The highest BCUT2D eigenvalue weighted by Crippen LogP contribution is 2.24. The first-order valence-corrected chi connectivity index (χ1v) is 6.67. The van der Waals surface area contributed by atoms with Crippen molar-refractivity contribution in [2.45, 2.75) is 33.3 Å². The molecule has 0 amide bonds. The molecule has 102 valence electrons. The van der Waals surface area contributed by atoms with Gasteiger partial charge in [-0.2, -0.15) is 0 Å². The van der Waals surface area contributed by atoms with Crippen LogP contribution in [0.2, 0.25) is 0 Å². The maximum atomic E-state index is 10.2. The number of methoxy groups -OCH3 is 1. The Morgan fingerprint density at radius 2 is 1.94 bits per heavy atom. The van der Waals surface area contributed by atoms with Crippen LogP contribution in [0.4, 0.5) is 0 Å². The van der Waals surface area contributed by atoms with Gasteiger partial charge in [-0.05, 0) is 49.7 Å². The van der Waals surface area contributed by atoms with Crippen LogP contribution < -0.4 is 4.74 Å². The molecular formula is C15H25NO2. The summed E-state index contributed by atoms with van der Waals surface area (Å²) in [6.07, 6.45) is 0.381. The lowest BCUT2D eigenvalue weighted by molar-refractivity contribution is 0.144. The summed E-state index contributed by atoms with van der Waals surface area (Å²) in [4.78, 5) is 2.32. The molecule has 0 aromatic heterocycles. The van der Waals surface area contributed by atoms with E-state index in [-0.39, 0.29) is 0 Å². The highest BCUT2D eigenvalue weighted by atomic mass is 16.5. The van der Waals surface area contributed by atoms with Gasteiger partial charge >= 0.3 is 0 Å². The maximum Gasteiger partial charge on any atom is 0.119 e. The molecule has 0 heterocycles. The third-order valence-electron chi connectivity index (χ3n) is 3.45. The third kappa shape index (κ3) is 4.00. The zero-order chi connectivity index (χ0) is 13.5. The lowest BCUT2D eigenvalue weighted by Crippen LogP contribution is -2.25. The molecule has 0 fully saturated rings. The average molecular weight is 251 g/mol. The number of aryl methyl sites for hydroxylation is 1. The fourth-order valence-electron chi connectivity index (χ4n) is 2.15. The van der Waals surface area contributed by atoms with Gasteiger partial charge in [0.05, 0.1) is 13.2 Å². The molecule has 1 aromatic carbocycles. The van der Waals surface area contributed by atoms with Crippen molar-refractivity contribution in [1.29, 1.82) is 0 Å². The zero-order valence-electron chi connectivity index (χ0n) is 11.9. The third-order valence-corrected chi connectivity index (χ3v) is 3.45. The van der Waals surface area contributed by atoms with Crippen LogP contribution in [0.25, 0.3) is 0 Å².